The van der Waals surface area contributed by atoms with Gasteiger partial charge in [-0.1, -0.05) is 60.7 Å². The van der Waals surface area contributed by atoms with Crippen LogP contribution in [0.15, 0.2) is 90.7 Å². The van der Waals surface area contributed by atoms with Gasteiger partial charge in [0.25, 0.3) is 5.69 Å². The predicted octanol–water partition coefficient (Wildman–Crippen LogP) is 5.26. The van der Waals surface area contributed by atoms with E-state index in [2.05, 4.69) is 0 Å². The molecule has 0 aromatic heterocycles. The summed E-state index contributed by atoms with van der Waals surface area (Å²) in [5, 5.41) is 11.0. The van der Waals surface area contributed by atoms with Crippen molar-refractivity contribution in [1.82, 2.24) is 0 Å². The summed E-state index contributed by atoms with van der Waals surface area (Å²) in [6.45, 7) is 0. The van der Waals surface area contributed by atoms with E-state index in [0.717, 1.165) is 22.6 Å². The molecule has 0 saturated heterocycles. The highest BCUT2D eigenvalue weighted by Crippen LogP contribution is 2.21. The largest absolute Gasteiger partial charge is 0.461 e. The smallest absolute Gasteiger partial charge is 0.270 e. The number of allylic oxidation sites excluding steroid dienone is 1. The van der Waals surface area contributed by atoms with Crippen LogP contribution in [-0.2, 0) is 6.42 Å². The van der Waals surface area contributed by atoms with E-state index in [9.17, 15) is 10.1 Å². The van der Waals surface area contributed by atoms with Crippen molar-refractivity contribution in [2.24, 2.45) is 0 Å². The molecule has 0 radical (unpaired) electrons. The zero-order valence-electron chi connectivity index (χ0n) is 13.5. The molecule has 0 aliphatic rings. The summed E-state index contributed by atoms with van der Waals surface area (Å²) in [5.74, 6) is 1.45. The fourth-order valence-corrected chi connectivity index (χ4v) is 2.47. The lowest BCUT2D eigenvalue weighted by atomic mass is 10.1. The molecule has 0 aliphatic heterocycles. The van der Waals surface area contributed by atoms with Gasteiger partial charge in [0.1, 0.15) is 11.5 Å². The Kier molecular flexibility index (Phi) is 5.22. The van der Waals surface area contributed by atoms with E-state index in [1.807, 2.05) is 72.8 Å². The second-order valence-corrected chi connectivity index (χ2v) is 5.54. The maximum atomic E-state index is 11.0. The van der Waals surface area contributed by atoms with Crippen LogP contribution in [0, 0.1) is 10.1 Å². The van der Waals surface area contributed by atoms with E-state index in [1.165, 1.54) is 6.07 Å². The number of nitro benzene ring substituents is 1. The van der Waals surface area contributed by atoms with Crippen LogP contribution in [-0.4, -0.2) is 4.92 Å². The number of hydrogen-bond donors (Lipinski definition) is 0. The molecule has 0 amide bonds. The second kappa shape index (κ2) is 7.93. The lowest BCUT2D eigenvalue weighted by Crippen LogP contribution is -2.00. The van der Waals surface area contributed by atoms with Crippen molar-refractivity contribution in [2.75, 3.05) is 0 Å². The van der Waals surface area contributed by atoms with Gasteiger partial charge in [-0.25, -0.2) is 0 Å². The lowest BCUT2D eigenvalue weighted by Gasteiger charge is -2.11. The molecule has 3 rings (SSSR count). The fourth-order valence-electron chi connectivity index (χ4n) is 2.47. The van der Waals surface area contributed by atoms with Crippen LogP contribution in [0.5, 0.6) is 5.75 Å². The Morgan fingerprint density at radius 3 is 2.28 bits per heavy atom. The number of rotatable bonds is 6. The standard InChI is InChI=1S/C21H17NO3/c23-22(24)19-11-7-10-18(14-19)16-21(15-17-8-3-1-4-9-17)25-20-12-5-2-6-13-20/h1-14,16H,15H2/b21-16-. The van der Waals surface area contributed by atoms with Gasteiger partial charge in [0, 0.05) is 18.6 Å². The molecule has 0 bridgehead atoms. The van der Waals surface area contributed by atoms with E-state index in [-0.39, 0.29) is 5.69 Å². The van der Waals surface area contributed by atoms with Crippen molar-refractivity contribution in [3.05, 3.63) is 112 Å². The Morgan fingerprint density at radius 2 is 1.60 bits per heavy atom. The molecule has 25 heavy (non-hydrogen) atoms. The number of nitro groups is 1. The van der Waals surface area contributed by atoms with Gasteiger partial charge in [0.15, 0.2) is 0 Å². The van der Waals surface area contributed by atoms with E-state index < -0.39 is 4.92 Å². The molecular weight excluding hydrogens is 314 g/mol. The van der Waals surface area contributed by atoms with Crippen LogP contribution >= 0.6 is 0 Å². The first-order chi connectivity index (χ1) is 12.2. The maximum Gasteiger partial charge on any atom is 0.270 e. The molecular formula is C21H17NO3. The summed E-state index contributed by atoms with van der Waals surface area (Å²) in [7, 11) is 0. The van der Waals surface area contributed by atoms with E-state index in [1.54, 1.807) is 12.1 Å². The van der Waals surface area contributed by atoms with Gasteiger partial charge in [0.2, 0.25) is 0 Å². The molecule has 4 nitrogen and oxygen atoms in total. The molecule has 0 spiro atoms. The molecule has 0 N–H and O–H groups in total. The Bertz CT molecular complexity index is 830. The Morgan fingerprint density at radius 1 is 0.920 bits per heavy atom. The van der Waals surface area contributed by atoms with Gasteiger partial charge in [-0.05, 0) is 29.3 Å². The number of para-hydroxylation sites is 1. The zero-order valence-corrected chi connectivity index (χ0v) is 13.5. The monoisotopic (exact) mass is 331 g/mol. The minimum atomic E-state index is -0.397. The van der Waals surface area contributed by atoms with Crippen molar-refractivity contribution in [2.45, 2.75) is 6.42 Å². The highest BCUT2D eigenvalue weighted by molar-refractivity contribution is 5.56. The van der Waals surface area contributed by atoms with Crippen molar-refractivity contribution in [3.63, 3.8) is 0 Å². The predicted molar refractivity (Wildman–Crippen MR) is 98.3 cm³/mol. The third-order valence-corrected chi connectivity index (χ3v) is 3.62. The quantitative estimate of drug-likeness (QED) is 0.352. The molecule has 4 heteroatoms. The Labute approximate surface area is 146 Å². The molecule has 0 saturated carbocycles. The van der Waals surface area contributed by atoms with Crippen molar-refractivity contribution in [1.29, 1.82) is 0 Å². The summed E-state index contributed by atoms with van der Waals surface area (Å²) in [4.78, 5) is 10.6. The van der Waals surface area contributed by atoms with Gasteiger partial charge < -0.3 is 4.74 Å². The summed E-state index contributed by atoms with van der Waals surface area (Å²) >= 11 is 0. The third-order valence-electron chi connectivity index (χ3n) is 3.62. The zero-order chi connectivity index (χ0) is 17.5. The molecule has 0 aliphatic carbocycles. The first-order valence-electron chi connectivity index (χ1n) is 7.92. The second-order valence-electron chi connectivity index (χ2n) is 5.54. The summed E-state index contributed by atoms with van der Waals surface area (Å²) in [5.41, 5.74) is 1.90. The van der Waals surface area contributed by atoms with Gasteiger partial charge >= 0.3 is 0 Å². The Hall–Kier alpha value is -3.40. The van der Waals surface area contributed by atoms with Crippen LogP contribution in [0.2, 0.25) is 0 Å². The molecule has 0 fully saturated rings. The SMILES string of the molecule is O=[N+]([O-])c1cccc(/C=C(/Cc2ccccc2)Oc2ccccc2)c1. The first kappa shape index (κ1) is 16.5. The molecule has 3 aromatic carbocycles. The maximum absolute atomic E-state index is 11.0. The molecule has 0 heterocycles. The van der Waals surface area contributed by atoms with E-state index >= 15 is 0 Å². The average molecular weight is 331 g/mol. The average Bonchev–Trinajstić information content (AvgIpc) is 2.63. The Balaban J connectivity index is 1.92. The van der Waals surface area contributed by atoms with Gasteiger partial charge in [0.05, 0.1) is 4.92 Å². The van der Waals surface area contributed by atoms with Crippen LogP contribution < -0.4 is 4.74 Å². The van der Waals surface area contributed by atoms with Crippen molar-refractivity contribution >= 4 is 11.8 Å². The molecule has 0 atom stereocenters. The number of nitrogens with zero attached hydrogens (tertiary/aromatic N) is 1. The van der Waals surface area contributed by atoms with Crippen LogP contribution in [0.4, 0.5) is 5.69 Å². The first-order valence-corrected chi connectivity index (χ1v) is 7.92. The summed E-state index contributed by atoms with van der Waals surface area (Å²) in [6.07, 6.45) is 2.44. The number of ether oxygens (including phenoxy) is 1. The number of hydrogen-bond acceptors (Lipinski definition) is 3. The van der Waals surface area contributed by atoms with Crippen LogP contribution in [0.25, 0.3) is 6.08 Å². The topological polar surface area (TPSA) is 52.4 Å². The summed E-state index contributed by atoms with van der Waals surface area (Å²) in [6, 6.07) is 26.0. The van der Waals surface area contributed by atoms with Gasteiger partial charge in [-0.15, -0.1) is 0 Å². The highest BCUT2D eigenvalue weighted by atomic mass is 16.6. The van der Waals surface area contributed by atoms with Crippen molar-refractivity contribution in [3.8, 4) is 5.75 Å². The highest BCUT2D eigenvalue weighted by Gasteiger charge is 2.07. The minimum Gasteiger partial charge on any atom is -0.461 e. The molecule has 124 valence electrons. The number of non-ortho nitro benzene ring substituents is 1. The van der Waals surface area contributed by atoms with Gasteiger partial charge in [-0.2, -0.15) is 0 Å². The third kappa shape index (κ3) is 4.78. The molecule has 0 unspecified atom stereocenters. The van der Waals surface area contributed by atoms with E-state index in [0.29, 0.717) is 6.42 Å². The van der Waals surface area contributed by atoms with Crippen LogP contribution in [0.3, 0.4) is 0 Å². The van der Waals surface area contributed by atoms with Crippen molar-refractivity contribution < 1.29 is 9.66 Å². The summed E-state index contributed by atoms with van der Waals surface area (Å²) < 4.78 is 6.01. The normalized spacial score (nSPS) is 11.1. The van der Waals surface area contributed by atoms with Gasteiger partial charge in [-0.3, -0.25) is 10.1 Å². The van der Waals surface area contributed by atoms with E-state index in [4.69, 9.17) is 4.74 Å². The molecule has 3 aromatic rings. The lowest BCUT2D eigenvalue weighted by molar-refractivity contribution is -0.384. The fraction of sp³-hybridized carbons (Fsp3) is 0.0476. The van der Waals surface area contributed by atoms with Crippen LogP contribution in [0.1, 0.15) is 11.1 Å². The number of benzene rings is 3. The minimum absolute atomic E-state index is 0.0625.